The molecule has 3 heterocycles. The number of anilines is 1. The molecule has 8 nitrogen and oxygen atoms in total. The number of hydrogen-bond donors (Lipinski definition) is 1. The molecule has 0 fully saturated rings. The summed E-state index contributed by atoms with van der Waals surface area (Å²) < 4.78 is 13.8. The number of fused-ring (bicyclic) bond motifs is 1. The number of nitrogens with one attached hydrogen (secondary N) is 1. The maximum absolute atomic E-state index is 12.6. The first-order valence-corrected chi connectivity index (χ1v) is 11.4. The highest BCUT2D eigenvalue weighted by atomic mass is 79.9. The van der Waals surface area contributed by atoms with Crippen LogP contribution in [0.4, 0.5) is 5.69 Å². The van der Waals surface area contributed by atoms with Crippen molar-refractivity contribution in [1.82, 2.24) is 19.8 Å². The molecule has 0 aliphatic carbocycles. The van der Waals surface area contributed by atoms with Gasteiger partial charge in [0, 0.05) is 21.7 Å². The summed E-state index contributed by atoms with van der Waals surface area (Å²) in [4.78, 5) is 13.3. The summed E-state index contributed by atoms with van der Waals surface area (Å²) in [5.41, 5.74) is 2.32. The third-order valence-electron chi connectivity index (χ3n) is 4.75. The predicted molar refractivity (Wildman–Crippen MR) is 130 cm³/mol. The summed E-state index contributed by atoms with van der Waals surface area (Å²) >= 11 is 4.82. The molecule has 5 rings (SSSR count). The zero-order chi connectivity index (χ0) is 22.8. The summed E-state index contributed by atoms with van der Waals surface area (Å²) in [5.74, 6) is 1.52. The third kappa shape index (κ3) is 4.57. The molecule has 33 heavy (non-hydrogen) atoms. The van der Waals surface area contributed by atoms with Crippen molar-refractivity contribution >= 4 is 49.9 Å². The van der Waals surface area contributed by atoms with Crippen LogP contribution in [0.2, 0.25) is 0 Å². The number of amides is 1. The van der Waals surface area contributed by atoms with Gasteiger partial charge in [-0.05, 0) is 48.5 Å². The second kappa shape index (κ2) is 9.00. The Labute approximate surface area is 200 Å². The molecule has 0 radical (unpaired) electrons. The zero-order valence-electron chi connectivity index (χ0n) is 17.2. The number of benzene rings is 2. The van der Waals surface area contributed by atoms with Gasteiger partial charge in [0.15, 0.2) is 0 Å². The number of carbonyl (C=O) groups is 1. The molecule has 0 saturated heterocycles. The standard InChI is InChI=1S/C23H16BrN5O3S/c1-31-20-9-4-15(22-28-29-13-25-27-23(29)33-22)12-18(20)26-21(30)11-8-17-7-10-19(32-17)14-2-5-16(24)6-3-14/h2-13H,1H3,(H,26,30)/b11-8+. The van der Waals surface area contributed by atoms with Crippen molar-refractivity contribution in [2.24, 2.45) is 0 Å². The first-order valence-electron chi connectivity index (χ1n) is 9.79. The molecule has 0 aliphatic rings. The Kier molecular flexibility index (Phi) is 5.76. The second-order valence-corrected chi connectivity index (χ2v) is 8.78. The van der Waals surface area contributed by atoms with Gasteiger partial charge in [0.1, 0.15) is 28.6 Å². The summed E-state index contributed by atoms with van der Waals surface area (Å²) in [6.45, 7) is 0. The lowest BCUT2D eigenvalue weighted by Gasteiger charge is -2.10. The molecular formula is C23H16BrN5O3S. The van der Waals surface area contributed by atoms with Crippen LogP contribution in [-0.2, 0) is 4.79 Å². The summed E-state index contributed by atoms with van der Waals surface area (Å²) in [6.07, 6.45) is 4.58. The fraction of sp³-hybridized carbons (Fsp3) is 0.0435. The molecule has 10 heteroatoms. The molecular weight excluding hydrogens is 506 g/mol. The summed E-state index contributed by atoms with van der Waals surface area (Å²) in [5, 5.41) is 15.9. The minimum Gasteiger partial charge on any atom is -0.495 e. The number of ether oxygens (including phenoxy) is 1. The molecule has 5 aromatic rings. The minimum absolute atomic E-state index is 0.315. The van der Waals surface area contributed by atoms with Gasteiger partial charge in [-0.15, -0.1) is 10.2 Å². The van der Waals surface area contributed by atoms with Crippen LogP contribution in [0.25, 0.3) is 32.9 Å². The highest BCUT2D eigenvalue weighted by molar-refractivity contribution is 9.10. The van der Waals surface area contributed by atoms with Gasteiger partial charge in [0.2, 0.25) is 10.9 Å². The topological polar surface area (TPSA) is 94.5 Å². The van der Waals surface area contributed by atoms with Crippen LogP contribution in [0.5, 0.6) is 5.75 Å². The number of nitrogens with zero attached hydrogens (tertiary/aromatic N) is 4. The molecule has 0 aliphatic heterocycles. The molecule has 1 amide bonds. The van der Waals surface area contributed by atoms with Crippen LogP contribution >= 0.6 is 27.3 Å². The second-order valence-electron chi connectivity index (χ2n) is 6.91. The molecule has 0 unspecified atom stereocenters. The Hall–Kier alpha value is -3.76. The first kappa shape index (κ1) is 21.1. The number of aromatic nitrogens is 4. The molecule has 0 bridgehead atoms. The van der Waals surface area contributed by atoms with Crippen LogP contribution in [0.1, 0.15) is 5.76 Å². The van der Waals surface area contributed by atoms with E-state index in [9.17, 15) is 4.79 Å². The smallest absolute Gasteiger partial charge is 0.248 e. The maximum Gasteiger partial charge on any atom is 0.248 e. The van der Waals surface area contributed by atoms with E-state index in [2.05, 4.69) is 36.5 Å². The number of carbonyl (C=O) groups excluding carboxylic acids is 1. The van der Waals surface area contributed by atoms with Crippen molar-refractivity contribution in [2.45, 2.75) is 0 Å². The highest BCUT2D eigenvalue weighted by Crippen LogP contribution is 2.32. The minimum atomic E-state index is -0.315. The molecule has 0 saturated carbocycles. The Morgan fingerprint density at radius 3 is 2.76 bits per heavy atom. The average molecular weight is 522 g/mol. The monoisotopic (exact) mass is 521 g/mol. The largest absolute Gasteiger partial charge is 0.495 e. The predicted octanol–water partition coefficient (Wildman–Crippen LogP) is 5.54. The van der Waals surface area contributed by atoms with Crippen LogP contribution < -0.4 is 10.1 Å². The van der Waals surface area contributed by atoms with Gasteiger partial charge < -0.3 is 14.5 Å². The van der Waals surface area contributed by atoms with E-state index >= 15 is 0 Å². The van der Waals surface area contributed by atoms with Gasteiger partial charge in [-0.2, -0.15) is 9.61 Å². The Bertz CT molecular complexity index is 1440. The van der Waals surface area contributed by atoms with E-state index in [4.69, 9.17) is 9.15 Å². The van der Waals surface area contributed by atoms with Crippen LogP contribution in [0.15, 0.2) is 75.9 Å². The van der Waals surface area contributed by atoms with Gasteiger partial charge in [-0.1, -0.05) is 39.4 Å². The summed E-state index contributed by atoms with van der Waals surface area (Å²) in [7, 11) is 1.55. The molecule has 164 valence electrons. The number of rotatable bonds is 6. The fourth-order valence-electron chi connectivity index (χ4n) is 3.16. The van der Waals surface area contributed by atoms with E-state index in [0.717, 1.165) is 26.4 Å². The van der Waals surface area contributed by atoms with Crippen LogP contribution in [0, 0.1) is 0 Å². The quantitative estimate of drug-likeness (QED) is 0.295. The van der Waals surface area contributed by atoms with E-state index in [0.29, 0.717) is 22.2 Å². The first-order chi connectivity index (χ1) is 16.1. The average Bonchev–Trinajstić information content (AvgIpc) is 3.55. The molecule has 2 aromatic carbocycles. The molecule has 0 atom stereocenters. The van der Waals surface area contributed by atoms with Crippen molar-refractivity contribution in [1.29, 1.82) is 0 Å². The highest BCUT2D eigenvalue weighted by Gasteiger charge is 2.12. The molecule has 1 N–H and O–H groups in total. The van der Waals surface area contributed by atoms with Crippen molar-refractivity contribution in [3.63, 3.8) is 0 Å². The van der Waals surface area contributed by atoms with Crippen LogP contribution in [0.3, 0.4) is 0 Å². The van der Waals surface area contributed by atoms with Gasteiger partial charge in [0.25, 0.3) is 0 Å². The van der Waals surface area contributed by atoms with E-state index in [1.807, 2.05) is 48.5 Å². The van der Waals surface area contributed by atoms with Crippen LogP contribution in [-0.4, -0.2) is 32.8 Å². The van der Waals surface area contributed by atoms with Crippen molar-refractivity contribution in [2.75, 3.05) is 12.4 Å². The Balaban J connectivity index is 1.32. The SMILES string of the molecule is COc1ccc(-c2nn3cnnc3s2)cc1NC(=O)/C=C/c1ccc(-c2ccc(Br)cc2)o1. The third-order valence-corrected chi connectivity index (χ3v) is 6.24. The van der Waals surface area contributed by atoms with E-state index < -0.39 is 0 Å². The summed E-state index contributed by atoms with van der Waals surface area (Å²) in [6, 6.07) is 17.0. The van der Waals surface area contributed by atoms with Crippen molar-refractivity contribution in [3.05, 3.63) is 77.2 Å². The van der Waals surface area contributed by atoms with Gasteiger partial charge in [0.05, 0.1) is 12.8 Å². The maximum atomic E-state index is 12.6. The number of furan rings is 1. The fourth-order valence-corrected chi connectivity index (χ4v) is 4.24. The van der Waals surface area contributed by atoms with Gasteiger partial charge >= 0.3 is 0 Å². The molecule has 3 aromatic heterocycles. The molecule has 0 spiro atoms. The zero-order valence-corrected chi connectivity index (χ0v) is 19.6. The lowest BCUT2D eigenvalue weighted by Crippen LogP contribution is -2.09. The number of halogens is 1. The van der Waals surface area contributed by atoms with Crippen molar-refractivity contribution in [3.8, 4) is 27.6 Å². The Morgan fingerprint density at radius 2 is 1.97 bits per heavy atom. The van der Waals surface area contributed by atoms with Crippen molar-refractivity contribution < 1.29 is 13.9 Å². The lowest BCUT2D eigenvalue weighted by atomic mass is 10.2. The number of methoxy groups -OCH3 is 1. The van der Waals surface area contributed by atoms with E-state index in [-0.39, 0.29) is 5.91 Å². The number of hydrogen-bond acceptors (Lipinski definition) is 7. The normalized spacial score (nSPS) is 11.3. The Morgan fingerprint density at radius 1 is 1.15 bits per heavy atom. The lowest BCUT2D eigenvalue weighted by molar-refractivity contribution is -0.111. The van der Waals surface area contributed by atoms with Gasteiger partial charge in [-0.25, -0.2) is 0 Å². The van der Waals surface area contributed by atoms with Gasteiger partial charge in [-0.3, -0.25) is 4.79 Å². The van der Waals surface area contributed by atoms with E-state index in [1.165, 1.54) is 17.4 Å². The van der Waals surface area contributed by atoms with E-state index in [1.54, 1.807) is 30.1 Å².